The lowest BCUT2D eigenvalue weighted by molar-refractivity contribution is 0.261. The molecular weight excluding hydrogens is 368 g/mol. The highest BCUT2D eigenvalue weighted by molar-refractivity contribution is 9.10. The number of rotatable bonds is 5. The maximum Gasteiger partial charge on any atom is 0.207 e. The highest BCUT2D eigenvalue weighted by Crippen LogP contribution is 2.35. The van der Waals surface area contributed by atoms with Gasteiger partial charge in [0, 0.05) is 0 Å². The van der Waals surface area contributed by atoms with Gasteiger partial charge in [-0.05, 0) is 47.1 Å². The van der Waals surface area contributed by atoms with E-state index in [1.165, 1.54) is 0 Å². The molecule has 0 saturated carbocycles. The number of sulfone groups is 1. The van der Waals surface area contributed by atoms with Gasteiger partial charge >= 0.3 is 0 Å². The summed E-state index contributed by atoms with van der Waals surface area (Å²) in [6, 6.07) is 11.8. The molecule has 116 valence electrons. The van der Waals surface area contributed by atoms with Gasteiger partial charge in [0.25, 0.3) is 0 Å². The molecule has 1 heterocycles. The van der Waals surface area contributed by atoms with Crippen LogP contribution < -0.4 is 4.74 Å². The molecule has 6 heteroatoms. The van der Waals surface area contributed by atoms with Crippen molar-refractivity contribution in [2.24, 2.45) is 0 Å². The molecule has 0 N–H and O–H groups in total. The third-order valence-corrected chi connectivity index (χ3v) is 6.27. The molecule has 2 aromatic rings. The molecule has 1 aliphatic rings. The second-order valence-corrected chi connectivity index (χ2v) is 7.86. The lowest BCUT2D eigenvalue weighted by atomic mass is 10.2. The molecule has 0 amide bonds. The Balaban J connectivity index is 1.95. The monoisotopic (exact) mass is 382 g/mol. The Morgan fingerprint density at radius 3 is 2.55 bits per heavy atom. The van der Waals surface area contributed by atoms with Crippen molar-refractivity contribution in [1.29, 1.82) is 0 Å². The molecule has 1 saturated heterocycles. The number of epoxide rings is 1. The molecule has 2 aromatic carbocycles. The summed E-state index contributed by atoms with van der Waals surface area (Å²) >= 11 is 3.35. The highest BCUT2D eigenvalue weighted by Gasteiger charge is 2.25. The SMILES string of the molecule is Cc1ccc(S(=O)(=O)c2cccc(OCC3CO3)c2Br)cc1. The normalized spacial score (nSPS) is 17.3. The fourth-order valence-corrected chi connectivity index (χ4v) is 4.36. The lowest BCUT2D eigenvalue weighted by Crippen LogP contribution is -2.07. The molecule has 0 aromatic heterocycles. The topological polar surface area (TPSA) is 55.9 Å². The predicted octanol–water partition coefficient (Wildman–Crippen LogP) is 3.37. The van der Waals surface area contributed by atoms with Crippen molar-refractivity contribution in [2.75, 3.05) is 13.2 Å². The number of hydrogen-bond acceptors (Lipinski definition) is 4. The van der Waals surface area contributed by atoms with Crippen LogP contribution in [0.5, 0.6) is 5.75 Å². The van der Waals surface area contributed by atoms with E-state index in [4.69, 9.17) is 9.47 Å². The first-order chi connectivity index (χ1) is 10.5. The van der Waals surface area contributed by atoms with Gasteiger partial charge in [0.15, 0.2) is 0 Å². The van der Waals surface area contributed by atoms with Gasteiger partial charge in [-0.1, -0.05) is 23.8 Å². The van der Waals surface area contributed by atoms with E-state index in [9.17, 15) is 8.42 Å². The molecule has 0 aliphatic carbocycles. The zero-order chi connectivity index (χ0) is 15.7. The van der Waals surface area contributed by atoms with E-state index in [0.717, 1.165) is 5.56 Å². The third kappa shape index (κ3) is 3.19. The third-order valence-electron chi connectivity index (χ3n) is 3.38. The van der Waals surface area contributed by atoms with Crippen molar-refractivity contribution in [3.63, 3.8) is 0 Å². The van der Waals surface area contributed by atoms with Crippen LogP contribution in [0.3, 0.4) is 0 Å². The number of halogens is 1. The van der Waals surface area contributed by atoms with Crippen LogP contribution in [-0.2, 0) is 14.6 Å². The first-order valence-electron chi connectivity index (χ1n) is 6.83. The minimum atomic E-state index is -3.59. The van der Waals surface area contributed by atoms with Crippen LogP contribution in [-0.4, -0.2) is 27.7 Å². The van der Waals surface area contributed by atoms with Gasteiger partial charge in [-0.3, -0.25) is 0 Å². The van der Waals surface area contributed by atoms with Gasteiger partial charge in [0.05, 0.1) is 20.9 Å². The quantitative estimate of drug-likeness (QED) is 0.743. The van der Waals surface area contributed by atoms with Gasteiger partial charge < -0.3 is 9.47 Å². The summed E-state index contributed by atoms with van der Waals surface area (Å²) in [5.74, 6) is 0.503. The zero-order valence-corrected chi connectivity index (χ0v) is 14.4. The van der Waals surface area contributed by atoms with Gasteiger partial charge in [0.1, 0.15) is 18.5 Å². The summed E-state index contributed by atoms with van der Waals surface area (Å²) in [7, 11) is -3.59. The Morgan fingerprint density at radius 1 is 1.23 bits per heavy atom. The second-order valence-electron chi connectivity index (χ2n) is 5.15. The van der Waals surface area contributed by atoms with Crippen molar-refractivity contribution >= 4 is 25.8 Å². The van der Waals surface area contributed by atoms with Crippen molar-refractivity contribution in [2.45, 2.75) is 22.8 Å². The number of aryl methyl sites for hydroxylation is 1. The minimum Gasteiger partial charge on any atom is -0.490 e. The van der Waals surface area contributed by atoms with E-state index in [0.29, 0.717) is 23.4 Å². The summed E-state index contributed by atoms with van der Waals surface area (Å²) in [6.45, 7) is 3.03. The summed E-state index contributed by atoms with van der Waals surface area (Å²) < 4.78 is 36.7. The fourth-order valence-electron chi connectivity index (χ4n) is 2.00. The molecule has 1 unspecified atom stereocenters. The second kappa shape index (κ2) is 6.02. The Labute approximate surface area is 138 Å². The molecule has 0 radical (unpaired) electrons. The van der Waals surface area contributed by atoms with Crippen LogP contribution in [0.4, 0.5) is 0 Å². The molecular formula is C16H15BrO4S. The smallest absolute Gasteiger partial charge is 0.207 e. The van der Waals surface area contributed by atoms with E-state index >= 15 is 0 Å². The first-order valence-corrected chi connectivity index (χ1v) is 9.11. The largest absolute Gasteiger partial charge is 0.490 e. The average molecular weight is 383 g/mol. The van der Waals surface area contributed by atoms with E-state index < -0.39 is 9.84 Å². The van der Waals surface area contributed by atoms with Crippen molar-refractivity contribution in [3.8, 4) is 5.75 Å². The summed E-state index contributed by atoms with van der Waals surface area (Å²) in [5, 5.41) is 0. The first kappa shape index (κ1) is 15.5. The molecule has 4 nitrogen and oxygen atoms in total. The van der Waals surface area contributed by atoms with E-state index in [1.54, 1.807) is 42.5 Å². The van der Waals surface area contributed by atoms with Crippen LogP contribution in [0.2, 0.25) is 0 Å². The van der Waals surface area contributed by atoms with E-state index in [2.05, 4.69) is 15.9 Å². The Kier molecular flexibility index (Phi) is 4.25. The van der Waals surface area contributed by atoms with Crippen molar-refractivity contribution in [1.82, 2.24) is 0 Å². The minimum absolute atomic E-state index is 0.115. The highest BCUT2D eigenvalue weighted by atomic mass is 79.9. The Bertz CT molecular complexity index is 780. The maximum atomic E-state index is 12.8. The van der Waals surface area contributed by atoms with Gasteiger partial charge in [-0.2, -0.15) is 0 Å². The number of ether oxygens (including phenoxy) is 2. The molecule has 0 bridgehead atoms. The molecule has 3 rings (SSSR count). The van der Waals surface area contributed by atoms with Gasteiger partial charge in [-0.15, -0.1) is 0 Å². The molecule has 1 fully saturated rings. The van der Waals surface area contributed by atoms with Crippen molar-refractivity contribution < 1.29 is 17.9 Å². The van der Waals surface area contributed by atoms with Gasteiger partial charge in [0.2, 0.25) is 9.84 Å². The van der Waals surface area contributed by atoms with Gasteiger partial charge in [-0.25, -0.2) is 8.42 Å². The number of hydrogen-bond donors (Lipinski definition) is 0. The Hall–Kier alpha value is -1.37. The van der Waals surface area contributed by atoms with E-state index in [-0.39, 0.29) is 15.9 Å². The van der Waals surface area contributed by atoms with Crippen LogP contribution in [0.25, 0.3) is 0 Å². The summed E-state index contributed by atoms with van der Waals surface area (Å²) in [5.41, 5.74) is 1.01. The Morgan fingerprint density at radius 2 is 1.91 bits per heavy atom. The molecule has 0 spiro atoms. The fraction of sp³-hybridized carbons (Fsp3) is 0.250. The van der Waals surface area contributed by atoms with Crippen LogP contribution in [0.1, 0.15) is 5.56 Å². The number of benzene rings is 2. The molecule has 1 atom stereocenters. The summed E-state index contributed by atoms with van der Waals surface area (Å²) in [6.07, 6.45) is 0.115. The molecule has 1 aliphatic heterocycles. The van der Waals surface area contributed by atoms with Crippen LogP contribution in [0.15, 0.2) is 56.7 Å². The zero-order valence-electron chi connectivity index (χ0n) is 12.0. The average Bonchev–Trinajstić information content (AvgIpc) is 3.30. The van der Waals surface area contributed by atoms with E-state index in [1.807, 2.05) is 6.92 Å². The maximum absolute atomic E-state index is 12.8. The van der Waals surface area contributed by atoms with Crippen molar-refractivity contribution in [3.05, 3.63) is 52.5 Å². The standard InChI is InChI=1S/C16H15BrO4S/c1-11-5-7-13(8-6-11)22(18,19)15-4-2-3-14(16(15)17)21-10-12-9-20-12/h2-8,12H,9-10H2,1H3. The summed E-state index contributed by atoms with van der Waals surface area (Å²) in [4.78, 5) is 0.465. The van der Waals surface area contributed by atoms with Crippen LogP contribution >= 0.6 is 15.9 Å². The van der Waals surface area contributed by atoms with Crippen LogP contribution in [0, 0.1) is 6.92 Å². The predicted molar refractivity (Wildman–Crippen MR) is 86.0 cm³/mol. The molecule has 22 heavy (non-hydrogen) atoms. The lowest BCUT2D eigenvalue weighted by Gasteiger charge is -2.11.